The fraction of sp³-hybridized carbons (Fsp3) is 0.278. The standard InChI is InChI=1S/C18H22N2O2.ClH/c19-12-6-13-20-18(21)11-14-22-17-10-5-4-9-16(17)15-7-2-1-3-8-15;/h1-5,7-10H,6,11-14,19H2,(H,20,21);1H. The molecule has 23 heavy (non-hydrogen) atoms. The average Bonchev–Trinajstić information content (AvgIpc) is 2.56. The van der Waals surface area contributed by atoms with Crippen molar-refractivity contribution in [2.24, 2.45) is 5.73 Å². The van der Waals surface area contributed by atoms with Gasteiger partial charge >= 0.3 is 0 Å². The van der Waals surface area contributed by atoms with Crippen LogP contribution in [0.25, 0.3) is 11.1 Å². The number of halogens is 1. The molecule has 0 radical (unpaired) electrons. The van der Waals surface area contributed by atoms with E-state index in [1.807, 2.05) is 54.6 Å². The van der Waals surface area contributed by atoms with Gasteiger partial charge in [-0.15, -0.1) is 12.4 Å². The number of carbonyl (C=O) groups excluding carboxylic acids is 1. The molecule has 0 aromatic heterocycles. The van der Waals surface area contributed by atoms with Crippen LogP contribution in [0.3, 0.4) is 0 Å². The SMILES string of the molecule is Cl.NCCCNC(=O)CCOc1ccccc1-c1ccccc1. The Hall–Kier alpha value is -2.04. The molecular formula is C18H23ClN2O2. The number of hydrogen-bond acceptors (Lipinski definition) is 3. The minimum atomic E-state index is -0.00866. The van der Waals surface area contributed by atoms with Crippen molar-refractivity contribution < 1.29 is 9.53 Å². The minimum absolute atomic E-state index is 0. The Kier molecular flexibility index (Phi) is 8.80. The third-order valence-electron chi connectivity index (χ3n) is 3.26. The zero-order valence-corrected chi connectivity index (χ0v) is 13.9. The van der Waals surface area contributed by atoms with Gasteiger partial charge in [0.1, 0.15) is 5.75 Å². The molecule has 0 heterocycles. The van der Waals surface area contributed by atoms with Crippen LogP contribution in [0.2, 0.25) is 0 Å². The predicted molar refractivity (Wildman–Crippen MR) is 95.9 cm³/mol. The maximum Gasteiger partial charge on any atom is 0.223 e. The molecule has 0 bridgehead atoms. The highest BCUT2D eigenvalue weighted by Gasteiger charge is 2.06. The second-order valence-electron chi connectivity index (χ2n) is 4.95. The van der Waals surface area contributed by atoms with Gasteiger partial charge in [-0.1, -0.05) is 48.5 Å². The van der Waals surface area contributed by atoms with Gasteiger partial charge < -0.3 is 15.8 Å². The second kappa shape index (κ2) is 10.6. The van der Waals surface area contributed by atoms with E-state index in [-0.39, 0.29) is 18.3 Å². The van der Waals surface area contributed by atoms with Gasteiger partial charge in [0.25, 0.3) is 0 Å². The summed E-state index contributed by atoms with van der Waals surface area (Å²) < 4.78 is 5.78. The van der Waals surface area contributed by atoms with Gasteiger partial charge in [0.2, 0.25) is 5.91 Å². The molecule has 4 nitrogen and oxygen atoms in total. The number of para-hydroxylation sites is 1. The number of hydrogen-bond donors (Lipinski definition) is 2. The van der Waals surface area contributed by atoms with Crippen molar-refractivity contribution >= 4 is 18.3 Å². The number of amides is 1. The maximum atomic E-state index is 11.6. The van der Waals surface area contributed by atoms with E-state index < -0.39 is 0 Å². The normalized spacial score (nSPS) is 9.78. The van der Waals surface area contributed by atoms with Crippen LogP contribution in [0.4, 0.5) is 0 Å². The summed E-state index contributed by atoms with van der Waals surface area (Å²) in [5.41, 5.74) is 7.52. The largest absolute Gasteiger partial charge is 0.492 e. The Labute approximate surface area is 143 Å². The lowest BCUT2D eigenvalue weighted by atomic mass is 10.1. The molecule has 0 atom stereocenters. The first-order valence-corrected chi connectivity index (χ1v) is 7.55. The molecule has 0 aliphatic heterocycles. The van der Waals surface area contributed by atoms with Crippen molar-refractivity contribution in [2.45, 2.75) is 12.8 Å². The highest BCUT2D eigenvalue weighted by atomic mass is 35.5. The van der Waals surface area contributed by atoms with E-state index in [0.29, 0.717) is 26.1 Å². The molecule has 5 heteroatoms. The van der Waals surface area contributed by atoms with E-state index in [0.717, 1.165) is 23.3 Å². The van der Waals surface area contributed by atoms with Gasteiger partial charge in [0.15, 0.2) is 0 Å². The summed E-state index contributed by atoms with van der Waals surface area (Å²) >= 11 is 0. The first-order valence-electron chi connectivity index (χ1n) is 7.55. The molecule has 0 aliphatic rings. The molecule has 2 rings (SSSR count). The van der Waals surface area contributed by atoms with Crippen LogP contribution in [0.5, 0.6) is 5.75 Å². The lowest BCUT2D eigenvalue weighted by molar-refractivity contribution is -0.121. The van der Waals surface area contributed by atoms with E-state index in [1.54, 1.807) is 0 Å². The fourth-order valence-electron chi connectivity index (χ4n) is 2.12. The second-order valence-corrected chi connectivity index (χ2v) is 4.95. The van der Waals surface area contributed by atoms with Gasteiger partial charge in [-0.2, -0.15) is 0 Å². The molecule has 0 saturated heterocycles. The molecule has 124 valence electrons. The Balaban J connectivity index is 0.00000264. The zero-order chi connectivity index (χ0) is 15.6. The van der Waals surface area contributed by atoms with Crippen LogP contribution in [-0.2, 0) is 4.79 Å². The Morgan fingerprint density at radius 1 is 1.04 bits per heavy atom. The van der Waals surface area contributed by atoms with Crippen molar-refractivity contribution in [2.75, 3.05) is 19.7 Å². The van der Waals surface area contributed by atoms with Crippen LogP contribution in [-0.4, -0.2) is 25.6 Å². The Morgan fingerprint density at radius 2 is 1.74 bits per heavy atom. The third-order valence-corrected chi connectivity index (χ3v) is 3.26. The smallest absolute Gasteiger partial charge is 0.223 e. The number of nitrogens with two attached hydrogens (primary N) is 1. The van der Waals surface area contributed by atoms with Gasteiger partial charge in [-0.05, 0) is 24.6 Å². The Bertz CT molecular complexity index is 591. The van der Waals surface area contributed by atoms with Crippen LogP contribution in [0, 0.1) is 0 Å². The quantitative estimate of drug-likeness (QED) is 0.729. The predicted octanol–water partition coefficient (Wildman–Crippen LogP) is 3.01. The van der Waals surface area contributed by atoms with E-state index in [4.69, 9.17) is 10.5 Å². The van der Waals surface area contributed by atoms with Gasteiger partial charge in [0, 0.05) is 12.1 Å². The zero-order valence-electron chi connectivity index (χ0n) is 13.0. The lowest BCUT2D eigenvalue weighted by Crippen LogP contribution is -2.27. The molecule has 0 unspecified atom stereocenters. The number of benzene rings is 2. The van der Waals surface area contributed by atoms with E-state index in [1.165, 1.54) is 0 Å². The van der Waals surface area contributed by atoms with Gasteiger partial charge in [-0.3, -0.25) is 4.79 Å². The maximum absolute atomic E-state index is 11.6. The number of nitrogens with one attached hydrogen (secondary N) is 1. The highest BCUT2D eigenvalue weighted by Crippen LogP contribution is 2.29. The van der Waals surface area contributed by atoms with Crippen molar-refractivity contribution in [3.8, 4) is 16.9 Å². The van der Waals surface area contributed by atoms with Crippen molar-refractivity contribution in [3.63, 3.8) is 0 Å². The first-order chi connectivity index (χ1) is 10.8. The van der Waals surface area contributed by atoms with Crippen LogP contribution in [0.15, 0.2) is 54.6 Å². The summed E-state index contributed by atoms with van der Waals surface area (Å²) in [6.07, 6.45) is 1.14. The Morgan fingerprint density at radius 3 is 2.48 bits per heavy atom. The van der Waals surface area contributed by atoms with Crippen LogP contribution >= 0.6 is 12.4 Å². The number of rotatable bonds is 8. The number of ether oxygens (including phenoxy) is 1. The summed E-state index contributed by atoms with van der Waals surface area (Å²) in [6.45, 7) is 1.56. The molecule has 1 amide bonds. The lowest BCUT2D eigenvalue weighted by Gasteiger charge is -2.11. The van der Waals surface area contributed by atoms with E-state index in [9.17, 15) is 4.79 Å². The van der Waals surface area contributed by atoms with Crippen LogP contribution in [0.1, 0.15) is 12.8 Å². The molecule has 0 spiro atoms. The summed E-state index contributed by atoms with van der Waals surface area (Å²) in [7, 11) is 0. The third kappa shape index (κ3) is 6.30. The van der Waals surface area contributed by atoms with E-state index in [2.05, 4.69) is 5.32 Å². The fourth-order valence-corrected chi connectivity index (χ4v) is 2.12. The van der Waals surface area contributed by atoms with Crippen molar-refractivity contribution in [1.29, 1.82) is 0 Å². The topological polar surface area (TPSA) is 64.3 Å². The molecule has 2 aromatic rings. The monoisotopic (exact) mass is 334 g/mol. The molecular weight excluding hydrogens is 312 g/mol. The van der Waals surface area contributed by atoms with Crippen molar-refractivity contribution in [1.82, 2.24) is 5.32 Å². The van der Waals surface area contributed by atoms with Crippen LogP contribution < -0.4 is 15.8 Å². The number of carbonyl (C=O) groups is 1. The summed E-state index contributed by atoms with van der Waals surface area (Å²) in [5, 5.41) is 2.82. The van der Waals surface area contributed by atoms with Crippen molar-refractivity contribution in [3.05, 3.63) is 54.6 Å². The molecule has 0 fully saturated rings. The van der Waals surface area contributed by atoms with E-state index >= 15 is 0 Å². The van der Waals surface area contributed by atoms with Gasteiger partial charge in [-0.25, -0.2) is 0 Å². The molecule has 0 saturated carbocycles. The summed E-state index contributed by atoms with van der Waals surface area (Å²) in [6, 6.07) is 17.9. The summed E-state index contributed by atoms with van der Waals surface area (Å²) in [4.78, 5) is 11.6. The molecule has 2 aromatic carbocycles. The minimum Gasteiger partial charge on any atom is -0.492 e. The first kappa shape index (κ1) is 19.0. The molecule has 3 N–H and O–H groups in total. The molecule has 0 aliphatic carbocycles. The summed E-state index contributed by atoms with van der Waals surface area (Å²) in [5.74, 6) is 0.786. The average molecular weight is 335 g/mol. The highest BCUT2D eigenvalue weighted by molar-refractivity contribution is 5.85. The van der Waals surface area contributed by atoms with Gasteiger partial charge in [0.05, 0.1) is 13.0 Å².